The maximum atomic E-state index is 13.1. The number of hydrogen-bond acceptors (Lipinski definition) is 4. The van der Waals surface area contributed by atoms with Crippen LogP contribution in [0.25, 0.3) is 0 Å². The fourth-order valence-electron chi connectivity index (χ4n) is 3.11. The Balaban J connectivity index is 1.64. The van der Waals surface area contributed by atoms with Gasteiger partial charge in [-0.25, -0.2) is 8.42 Å². The van der Waals surface area contributed by atoms with E-state index in [9.17, 15) is 13.2 Å². The molecule has 0 spiro atoms. The first-order valence-electron chi connectivity index (χ1n) is 10.2. The fourth-order valence-corrected chi connectivity index (χ4v) is 5.92. The van der Waals surface area contributed by atoms with E-state index in [0.29, 0.717) is 33.8 Å². The van der Waals surface area contributed by atoms with Crippen molar-refractivity contribution in [1.82, 2.24) is 5.32 Å². The van der Waals surface area contributed by atoms with Gasteiger partial charge in [0.05, 0.1) is 16.1 Å². The van der Waals surface area contributed by atoms with E-state index in [4.69, 9.17) is 23.2 Å². The number of thioether (sulfide) groups is 1. The summed E-state index contributed by atoms with van der Waals surface area (Å²) < 4.78 is 27.3. The molecule has 3 aromatic rings. The summed E-state index contributed by atoms with van der Waals surface area (Å²) in [5.41, 5.74) is 2.43. The molecule has 0 aliphatic carbocycles. The highest BCUT2D eigenvalue weighted by Crippen LogP contribution is 2.28. The number of nitrogens with zero attached hydrogens (tertiary/aromatic N) is 1. The van der Waals surface area contributed by atoms with E-state index in [1.54, 1.807) is 78.5 Å². The van der Waals surface area contributed by atoms with Gasteiger partial charge in [0, 0.05) is 35.1 Å². The fraction of sp³-hybridized carbons (Fsp3) is 0.208. The van der Waals surface area contributed by atoms with Gasteiger partial charge in [-0.05, 0) is 48.9 Å². The Kier molecular flexibility index (Phi) is 8.70. The number of carbonyl (C=O) groups excluding carboxylic acids is 1. The summed E-state index contributed by atoms with van der Waals surface area (Å²) in [6.45, 7) is 2.30. The molecule has 0 aliphatic heterocycles. The Morgan fingerprint density at radius 2 is 1.61 bits per heavy atom. The Hall–Kier alpha value is -2.19. The van der Waals surface area contributed by atoms with Crippen LogP contribution in [-0.2, 0) is 15.8 Å². The zero-order chi connectivity index (χ0) is 24.0. The van der Waals surface area contributed by atoms with Crippen LogP contribution < -0.4 is 9.62 Å². The molecule has 1 amide bonds. The van der Waals surface area contributed by atoms with E-state index in [2.05, 4.69) is 5.32 Å². The Morgan fingerprint density at radius 3 is 2.27 bits per heavy atom. The number of benzene rings is 3. The zero-order valence-corrected chi connectivity index (χ0v) is 21.4. The smallest absolute Gasteiger partial charge is 0.264 e. The lowest BCUT2D eigenvalue weighted by molar-refractivity contribution is 0.0957. The highest BCUT2D eigenvalue weighted by molar-refractivity contribution is 7.98. The summed E-state index contributed by atoms with van der Waals surface area (Å²) in [6.07, 6.45) is 0. The number of nitrogens with one attached hydrogen (secondary N) is 1. The third-order valence-corrected chi connectivity index (χ3v) is 8.49. The molecule has 0 aromatic heterocycles. The van der Waals surface area contributed by atoms with Crippen molar-refractivity contribution in [3.8, 4) is 0 Å². The average molecular weight is 524 g/mol. The van der Waals surface area contributed by atoms with Gasteiger partial charge in [-0.3, -0.25) is 9.10 Å². The van der Waals surface area contributed by atoms with E-state index >= 15 is 0 Å². The van der Waals surface area contributed by atoms with Gasteiger partial charge in [-0.2, -0.15) is 11.8 Å². The predicted octanol–water partition coefficient (Wildman–Crippen LogP) is 5.79. The molecule has 0 fully saturated rings. The van der Waals surface area contributed by atoms with Crippen molar-refractivity contribution < 1.29 is 13.2 Å². The van der Waals surface area contributed by atoms with E-state index in [1.807, 2.05) is 6.92 Å². The molecule has 0 aliphatic rings. The molecule has 0 bridgehead atoms. The van der Waals surface area contributed by atoms with Crippen molar-refractivity contribution >= 4 is 56.6 Å². The van der Waals surface area contributed by atoms with Crippen molar-refractivity contribution in [2.24, 2.45) is 0 Å². The molecule has 0 radical (unpaired) electrons. The molecule has 0 atom stereocenters. The van der Waals surface area contributed by atoms with Crippen molar-refractivity contribution in [1.29, 1.82) is 0 Å². The molecule has 3 aromatic carbocycles. The first-order chi connectivity index (χ1) is 15.7. The summed E-state index contributed by atoms with van der Waals surface area (Å²) in [5.74, 6) is 0.933. The van der Waals surface area contributed by atoms with E-state index in [0.717, 1.165) is 15.4 Å². The van der Waals surface area contributed by atoms with Gasteiger partial charge in [0.15, 0.2) is 0 Å². The van der Waals surface area contributed by atoms with Crippen LogP contribution >= 0.6 is 35.0 Å². The normalized spacial score (nSPS) is 11.3. The van der Waals surface area contributed by atoms with Crippen LogP contribution in [0.15, 0.2) is 71.6 Å². The maximum absolute atomic E-state index is 13.1. The van der Waals surface area contributed by atoms with Crippen LogP contribution in [0.1, 0.15) is 21.5 Å². The number of para-hydroxylation sites is 1. The largest absolute Gasteiger partial charge is 0.351 e. The van der Waals surface area contributed by atoms with E-state index in [1.165, 1.54) is 7.05 Å². The number of rotatable bonds is 9. The van der Waals surface area contributed by atoms with E-state index < -0.39 is 10.0 Å². The number of aryl methyl sites for hydroxylation is 1. The minimum absolute atomic E-state index is 0.167. The molecule has 33 heavy (non-hydrogen) atoms. The summed E-state index contributed by atoms with van der Waals surface area (Å²) in [7, 11) is -2.36. The lowest BCUT2D eigenvalue weighted by atomic mass is 10.1. The lowest BCUT2D eigenvalue weighted by Gasteiger charge is -2.22. The van der Waals surface area contributed by atoms with Crippen LogP contribution in [0.4, 0.5) is 5.69 Å². The van der Waals surface area contributed by atoms with Gasteiger partial charge < -0.3 is 5.32 Å². The highest BCUT2D eigenvalue weighted by Gasteiger charge is 2.24. The second kappa shape index (κ2) is 11.3. The summed E-state index contributed by atoms with van der Waals surface area (Å²) >= 11 is 14.0. The molecule has 5 nitrogen and oxygen atoms in total. The second-order valence-electron chi connectivity index (χ2n) is 7.31. The molecule has 9 heteroatoms. The number of sulfonamides is 1. The number of anilines is 1. The van der Waals surface area contributed by atoms with Gasteiger partial charge in [0.25, 0.3) is 15.9 Å². The number of halogens is 2. The first kappa shape index (κ1) is 25.4. The molecule has 174 valence electrons. The van der Waals surface area contributed by atoms with Crippen LogP contribution in [0.3, 0.4) is 0 Å². The molecular weight excluding hydrogens is 499 g/mol. The average Bonchev–Trinajstić information content (AvgIpc) is 2.80. The topological polar surface area (TPSA) is 66.5 Å². The van der Waals surface area contributed by atoms with Crippen LogP contribution in [-0.4, -0.2) is 33.7 Å². The van der Waals surface area contributed by atoms with E-state index in [-0.39, 0.29) is 16.4 Å². The van der Waals surface area contributed by atoms with Crippen LogP contribution in [0.5, 0.6) is 0 Å². The van der Waals surface area contributed by atoms with Crippen molar-refractivity contribution in [2.45, 2.75) is 17.6 Å². The quantitative estimate of drug-likeness (QED) is 0.361. The van der Waals surface area contributed by atoms with Crippen molar-refractivity contribution in [3.63, 3.8) is 0 Å². The molecule has 0 saturated carbocycles. The van der Waals surface area contributed by atoms with Gasteiger partial charge in [0.1, 0.15) is 0 Å². The van der Waals surface area contributed by atoms with Gasteiger partial charge in [-0.1, -0.05) is 59.1 Å². The summed E-state index contributed by atoms with van der Waals surface area (Å²) in [4.78, 5) is 13.0. The van der Waals surface area contributed by atoms with Gasteiger partial charge in [0.2, 0.25) is 0 Å². The Labute approximate surface area is 209 Å². The van der Waals surface area contributed by atoms with Crippen LogP contribution in [0.2, 0.25) is 10.0 Å². The summed E-state index contributed by atoms with van der Waals surface area (Å²) in [5, 5.41) is 4.09. The number of hydrogen-bond donors (Lipinski definition) is 1. The van der Waals surface area contributed by atoms with Crippen molar-refractivity contribution in [3.05, 3.63) is 93.5 Å². The third-order valence-electron chi connectivity index (χ3n) is 5.01. The number of carbonyl (C=O) groups is 1. The molecule has 0 heterocycles. The van der Waals surface area contributed by atoms with Crippen LogP contribution in [0, 0.1) is 6.92 Å². The van der Waals surface area contributed by atoms with Gasteiger partial charge in [-0.15, -0.1) is 0 Å². The predicted molar refractivity (Wildman–Crippen MR) is 138 cm³/mol. The SMILES string of the molecule is Cc1ccc(S(=O)(=O)N(C)c2ccccc2C(=O)NCCSCc2c(Cl)cccc2Cl)cc1. The molecule has 1 N–H and O–H groups in total. The molecule has 0 unspecified atom stereocenters. The lowest BCUT2D eigenvalue weighted by Crippen LogP contribution is -2.31. The Morgan fingerprint density at radius 1 is 0.970 bits per heavy atom. The third kappa shape index (κ3) is 6.23. The minimum Gasteiger partial charge on any atom is -0.351 e. The molecular formula is C24H24Cl2N2O3S2. The standard InChI is InChI=1S/C24H24Cl2N2O3S2/c1-17-10-12-18(13-11-17)33(30,31)28(2)23-9-4-3-6-19(23)24(29)27-14-15-32-16-20-21(25)7-5-8-22(20)26/h3-13H,14-16H2,1-2H3,(H,27,29). The molecule has 0 saturated heterocycles. The highest BCUT2D eigenvalue weighted by atomic mass is 35.5. The maximum Gasteiger partial charge on any atom is 0.264 e. The minimum atomic E-state index is -3.81. The first-order valence-corrected chi connectivity index (χ1v) is 13.5. The summed E-state index contributed by atoms with van der Waals surface area (Å²) in [6, 6.07) is 18.6. The van der Waals surface area contributed by atoms with Crippen molar-refractivity contribution in [2.75, 3.05) is 23.7 Å². The monoisotopic (exact) mass is 522 g/mol. The Bertz CT molecular complexity index is 1210. The van der Waals surface area contributed by atoms with Gasteiger partial charge >= 0.3 is 0 Å². The molecule has 3 rings (SSSR count). The number of amides is 1. The zero-order valence-electron chi connectivity index (χ0n) is 18.2. The second-order valence-corrected chi connectivity index (χ2v) is 11.2.